The minimum atomic E-state index is 0.202. The predicted octanol–water partition coefficient (Wildman–Crippen LogP) is -0.166. The van der Waals surface area contributed by atoms with Crippen molar-refractivity contribution in [1.29, 1.82) is 0 Å². The molecule has 116 valence electrons. The van der Waals surface area contributed by atoms with E-state index in [0.717, 1.165) is 32.4 Å². The smallest absolute Gasteiger partial charge is 0.224 e. The lowest BCUT2D eigenvalue weighted by Gasteiger charge is -2.26. The third-order valence-corrected chi connectivity index (χ3v) is 3.25. The molecule has 0 spiro atoms. The van der Waals surface area contributed by atoms with Gasteiger partial charge in [-0.3, -0.25) is 15.2 Å². The number of hydrogen-bond acceptors (Lipinski definition) is 4. The third kappa shape index (κ3) is 6.72. The van der Waals surface area contributed by atoms with Gasteiger partial charge in [-0.2, -0.15) is 0 Å². The van der Waals surface area contributed by atoms with Gasteiger partial charge in [0.1, 0.15) is 0 Å². The van der Waals surface area contributed by atoms with E-state index in [0.29, 0.717) is 32.1 Å². The van der Waals surface area contributed by atoms with Crippen LogP contribution in [0.5, 0.6) is 0 Å². The van der Waals surface area contributed by atoms with E-state index in [9.17, 15) is 4.79 Å². The molecule has 0 aliphatic carbocycles. The monoisotopic (exact) mass is 285 g/mol. The van der Waals surface area contributed by atoms with Gasteiger partial charge in [-0.05, 0) is 25.7 Å². The second kappa shape index (κ2) is 10.4. The number of amides is 1. The van der Waals surface area contributed by atoms with E-state index >= 15 is 0 Å². The summed E-state index contributed by atoms with van der Waals surface area (Å²) in [6.45, 7) is 3.65. The van der Waals surface area contributed by atoms with Crippen LogP contribution in [0.2, 0.25) is 0 Å². The van der Waals surface area contributed by atoms with Gasteiger partial charge in [0.25, 0.3) is 0 Å². The Morgan fingerprint density at radius 2 is 2.10 bits per heavy atom. The number of carbonyl (C=O) groups is 1. The zero-order valence-electron chi connectivity index (χ0n) is 12.4. The number of hydrazine groups is 1. The SMILES string of the molecule is COCCCN=C(NN)NCCC(=O)N1CCCCC1. The molecular formula is C13H27N5O2. The fraction of sp³-hybridized carbons (Fsp3) is 0.846. The van der Waals surface area contributed by atoms with Crippen molar-refractivity contribution in [1.82, 2.24) is 15.6 Å². The maximum Gasteiger partial charge on any atom is 0.224 e. The summed E-state index contributed by atoms with van der Waals surface area (Å²) in [6.07, 6.45) is 4.79. The zero-order chi connectivity index (χ0) is 14.6. The number of piperidine rings is 1. The van der Waals surface area contributed by atoms with Crippen LogP contribution in [0.25, 0.3) is 0 Å². The Morgan fingerprint density at radius 3 is 2.75 bits per heavy atom. The summed E-state index contributed by atoms with van der Waals surface area (Å²) in [5, 5.41) is 3.04. The minimum absolute atomic E-state index is 0.202. The second-order valence-electron chi connectivity index (χ2n) is 4.84. The number of nitrogens with two attached hydrogens (primary N) is 1. The predicted molar refractivity (Wildman–Crippen MR) is 79.2 cm³/mol. The Labute approximate surface area is 120 Å². The first kappa shape index (κ1) is 16.7. The van der Waals surface area contributed by atoms with Crippen LogP contribution in [0.3, 0.4) is 0 Å². The van der Waals surface area contributed by atoms with E-state index in [1.54, 1.807) is 7.11 Å². The van der Waals surface area contributed by atoms with E-state index in [1.165, 1.54) is 6.42 Å². The van der Waals surface area contributed by atoms with Crippen LogP contribution >= 0.6 is 0 Å². The molecule has 1 aliphatic rings. The Morgan fingerprint density at radius 1 is 1.35 bits per heavy atom. The topological polar surface area (TPSA) is 92.0 Å². The molecule has 1 amide bonds. The summed E-state index contributed by atoms with van der Waals surface area (Å²) in [7, 11) is 1.66. The van der Waals surface area contributed by atoms with Crippen molar-refractivity contribution in [3.8, 4) is 0 Å². The van der Waals surface area contributed by atoms with Crippen LogP contribution in [0.15, 0.2) is 4.99 Å². The molecule has 1 aliphatic heterocycles. The standard InChI is InChI=1S/C13H27N5O2/c1-20-11-5-7-15-13(17-14)16-8-6-12(19)18-9-3-2-4-10-18/h2-11,14H2,1H3,(H2,15,16,17). The molecule has 0 aromatic rings. The number of nitrogens with one attached hydrogen (secondary N) is 2. The van der Waals surface area contributed by atoms with Gasteiger partial charge in [-0.15, -0.1) is 0 Å². The number of aliphatic imine (C=N–C) groups is 1. The molecule has 1 heterocycles. The van der Waals surface area contributed by atoms with E-state index in [-0.39, 0.29) is 5.91 Å². The summed E-state index contributed by atoms with van der Waals surface area (Å²) < 4.78 is 4.95. The highest BCUT2D eigenvalue weighted by molar-refractivity contribution is 5.80. The number of hydrogen-bond donors (Lipinski definition) is 3. The molecule has 0 bridgehead atoms. The molecule has 0 aromatic heterocycles. The molecule has 0 atom stereocenters. The molecule has 7 nitrogen and oxygen atoms in total. The van der Waals surface area contributed by atoms with Gasteiger partial charge in [0.2, 0.25) is 11.9 Å². The fourth-order valence-electron chi connectivity index (χ4n) is 2.14. The first-order chi connectivity index (χ1) is 9.77. The van der Waals surface area contributed by atoms with Gasteiger partial charge in [0, 0.05) is 46.3 Å². The third-order valence-electron chi connectivity index (χ3n) is 3.25. The average Bonchev–Trinajstić information content (AvgIpc) is 2.50. The number of methoxy groups -OCH3 is 1. The van der Waals surface area contributed by atoms with Crippen LogP contribution in [-0.4, -0.2) is 56.7 Å². The Balaban J connectivity index is 2.18. The minimum Gasteiger partial charge on any atom is -0.385 e. The van der Waals surface area contributed by atoms with Gasteiger partial charge < -0.3 is 15.0 Å². The lowest BCUT2D eigenvalue weighted by Crippen LogP contribution is -2.44. The first-order valence-corrected chi connectivity index (χ1v) is 7.29. The summed E-state index contributed by atoms with van der Waals surface area (Å²) in [5.74, 6) is 6.10. The molecular weight excluding hydrogens is 258 g/mol. The van der Waals surface area contributed by atoms with Crippen molar-refractivity contribution in [2.75, 3.05) is 39.9 Å². The Bertz CT molecular complexity index is 303. The number of carbonyl (C=O) groups excluding carboxylic acids is 1. The van der Waals surface area contributed by atoms with E-state index in [2.05, 4.69) is 15.7 Å². The van der Waals surface area contributed by atoms with E-state index in [4.69, 9.17) is 10.6 Å². The average molecular weight is 285 g/mol. The van der Waals surface area contributed by atoms with E-state index in [1.807, 2.05) is 4.90 Å². The maximum atomic E-state index is 11.9. The molecule has 0 unspecified atom stereocenters. The summed E-state index contributed by atoms with van der Waals surface area (Å²) >= 11 is 0. The maximum absolute atomic E-state index is 11.9. The lowest BCUT2D eigenvalue weighted by atomic mass is 10.1. The highest BCUT2D eigenvalue weighted by Gasteiger charge is 2.15. The molecule has 0 aromatic carbocycles. The van der Waals surface area contributed by atoms with Crippen LogP contribution in [0.4, 0.5) is 0 Å². The van der Waals surface area contributed by atoms with Gasteiger partial charge in [-0.25, -0.2) is 5.84 Å². The zero-order valence-corrected chi connectivity index (χ0v) is 12.4. The number of likely N-dealkylation sites (tertiary alicyclic amines) is 1. The Hall–Kier alpha value is -1.34. The molecule has 0 saturated carbocycles. The molecule has 1 saturated heterocycles. The Kier molecular flexibility index (Phi) is 8.73. The quantitative estimate of drug-likeness (QED) is 0.199. The van der Waals surface area contributed by atoms with Crippen LogP contribution in [0.1, 0.15) is 32.1 Å². The highest BCUT2D eigenvalue weighted by atomic mass is 16.5. The molecule has 20 heavy (non-hydrogen) atoms. The summed E-state index contributed by atoms with van der Waals surface area (Å²) in [6, 6.07) is 0. The normalized spacial score (nSPS) is 16.1. The molecule has 7 heteroatoms. The molecule has 4 N–H and O–H groups in total. The first-order valence-electron chi connectivity index (χ1n) is 7.29. The van der Waals surface area contributed by atoms with Gasteiger partial charge in [-0.1, -0.05) is 0 Å². The van der Waals surface area contributed by atoms with E-state index < -0.39 is 0 Å². The van der Waals surface area contributed by atoms with Crippen molar-refractivity contribution in [3.63, 3.8) is 0 Å². The van der Waals surface area contributed by atoms with Crippen molar-refractivity contribution in [3.05, 3.63) is 0 Å². The van der Waals surface area contributed by atoms with Gasteiger partial charge in [0.05, 0.1) is 0 Å². The number of nitrogens with zero attached hydrogens (tertiary/aromatic N) is 2. The van der Waals surface area contributed by atoms with Crippen molar-refractivity contribution < 1.29 is 9.53 Å². The lowest BCUT2D eigenvalue weighted by molar-refractivity contribution is -0.131. The van der Waals surface area contributed by atoms with Crippen molar-refractivity contribution in [2.45, 2.75) is 32.1 Å². The largest absolute Gasteiger partial charge is 0.385 e. The van der Waals surface area contributed by atoms with Crippen molar-refractivity contribution in [2.24, 2.45) is 10.8 Å². The van der Waals surface area contributed by atoms with Crippen molar-refractivity contribution >= 4 is 11.9 Å². The fourth-order valence-corrected chi connectivity index (χ4v) is 2.14. The van der Waals surface area contributed by atoms with Crippen LogP contribution in [0, 0.1) is 0 Å². The number of guanidine groups is 1. The van der Waals surface area contributed by atoms with Crippen LogP contribution < -0.4 is 16.6 Å². The summed E-state index contributed by atoms with van der Waals surface area (Å²) in [5.41, 5.74) is 2.51. The number of ether oxygens (including phenoxy) is 1. The number of rotatable bonds is 7. The second-order valence-corrected chi connectivity index (χ2v) is 4.84. The van der Waals surface area contributed by atoms with Gasteiger partial charge in [0.15, 0.2) is 0 Å². The molecule has 1 fully saturated rings. The summed E-state index contributed by atoms with van der Waals surface area (Å²) in [4.78, 5) is 18.1. The highest BCUT2D eigenvalue weighted by Crippen LogP contribution is 2.09. The molecule has 1 rings (SSSR count). The molecule has 0 radical (unpaired) electrons. The van der Waals surface area contributed by atoms with Gasteiger partial charge >= 0.3 is 0 Å². The van der Waals surface area contributed by atoms with Crippen LogP contribution in [-0.2, 0) is 9.53 Å².